The van der Waals surface area contributed by atoms with Crippen LogP contribution < -0.4 is 15.4 Å². The number of carbonyl (C=O) groups excluding carboxylic acids is 1. The lowest BCUT2D eigenvalue weighted by Gasteiger charge is -2.39. The number of para-hydroxylation sites is 1. The maximum atomic E-state index is 13.3. The third-order valence-electron chi connectivity index (χ3n) is 6.56. The number of thiocarbonyl (C=S) groups is 1. The number of anilines is 2. The molecule has 0 atom stereocenters. The highest BCUT2D eigenvalue weighted by Crippen LogP contribution is 2.36. The van der Waals surface area contributed by atoms with Crippen LogP contribution in [0.3, 0.4) is 0 Å². The highest BCUT2D eigenvalue weighted by atomic mass is 32.2. The Labute approximate surface area is 222 Å². The molecule has 4 rings (SSSR count). The molecule has 0 N–H and O–H groups in total. The molecule has 2 aliphatic heterocycles. The van der Waals surface area contributed by atoms with Crippen molar-refractivity contribution >= 4 is 51.8 Å². The first-order valence-corrected chi connectivity index (χ1v) is 13.5. The number of aromatic nitrogens is 1. The van der Waals surface area contributed by atoms with E-state index in [1.54, 1.807) is 16.4 Å². The number of hydrogen-bond acceptors (Lipinski definition) is 7. The third kappa shape index (κ3) is 4.93. The van der Waals surface area contributed by atoms with E-state index in [0.717, 1.165) is 37.6 Å². The van der Waals surface area contributed by atoms with Crippen molar-refractivity contribution in [3.63, 3.8) is 0 Å². The fraction of sp³-hybridized carbons (Fsp3) is 0.407. The van der Waals surface area contributed by atoms with Crippen molar-refractivity contribution in [1.29, 1.82) is 5.26 Å². The minimum atomic E-state index is -0.289. The minimum Gasteiger partial charge on any atom is -0.368 e. The molecule has 2 fully saturated rings. The molecular weight excluding hydrogens is 490 g/mol. The Kier molecular flexibility index (Phi) is 7.86. The molecule has 1 amide bonds. The van der Waals surface area contributed by atoms with Crippen molar-refractivity contribution in [3.05, 3.63) is 62.3 Å². The summed E-state index contributed by atoms with van der Waals surface area (Å²) in [5.41, 5.74) is 2.35. The number of pyridine rings is 1. The quantitative estimate of drug-likeness (QED) is 0.416. The van der Waals surface area contributed by atoms with Crippen LogP contribution in [0, 0.1) is 24.2 Å². The summed E-state index contributed by atoms with van der Waals surface area (Å²) < 4.78 is 2.21. The molecule has 0 spiro atoms. The number of rotatable bonds is 6. The first kappa shape index (κ1) is 26.0. The fourth-order valence-electron chi connectivity index (χ4n) is 4.75. The Bertz CT molecular complexity index is 1300. The summed E-state index contributed by atoms with van der Waals surface area (Å²) in [6.07, 6.45) is 1.83. The van der Waals surface area contributed by atoms with E-state index in [-0.39, 0.29) is 22.9 Å². The highest BCUT2D eigenvalue weighted by Gasteiger charge is 2.34. The summed E-state index contributed by atoms with van der Waals surface area (Å²) in [7, 11) is 0. The number of nitriles is 1. The van der Waals surface area contributed by atoms with Crippen LogP contribution in [-0.4, -0.2) is 52.4 Å². The van der Waals surface area contributed by atoms with Gasteiger partial charge in [0.05, 0.1) is 4.91 Å². The normalized spacial score (nSPS) is 17.4. The van der Waals surface area contributed by atoms with E-state index in [9.17, 15) is 14.9 Å². The van der Waals surface area contributed by atoms with Crippen LogP contribution >= 0.6 is 24.0 Å². The summed E-state index contributed by atoms with van der Waals surface area (Å²) in [4.78, 5) is 33.2. The molecule has 7 nitrogen and oxygen atoms in total. The van der Waals surface area contributed by atoms with Crippen LogP contribution in [0.1, 0.15) is 37.5 Å². The number of hydrogen-bond donors (Lipinski definition) is 0. The van der Waals surface area contributed by atoms with Crippen LogP contribution in [0.5, 0.6) is 0 Å². The van der Waals surface area contributed by atoms with Gasteiger partial charge in [0.15, 0.2) is 0 Å². The Hall–Kier alpha value is -3.09. The van der Waals surface area contributed by atoms with Gasteiger partial charge in [-0.1, -0.05) is 56.0 Å². The smallest absolute Gasteiger partial charge is 0.270 e. The molecule has 9 heteroatoms. The zero-order valence-electron chi connectivity index (χ0n) is 21.2. The van der Waals surface area contributed by atoms with E-state index in [1.165, 1.54) is 17.4 Å². The topological polar surface area (TPSA) is 72.6 Å². The van der Waals surface area contributed by atoms with Crippen molar-refractivity contribution in [3.8, 4) is 6.07 Å². The van der Waals surface area contributed by atoms with Crippen LogP contribution in [0.25, 0.3) is 6.08 Å². The van der Waals surface area contributed by atoms with Gasteiger partial charge in [-0.15, -0.1) is 0 Å². The lowest BCUT2D eigenvalue weighted by atomic mass is 10.0. The molecule has 3 heterocycles. The summed E-state index contributed by atoms with van der Waals surface area (Å²) in [6.45, 7) is 11.8. The van der Waals surface area contributed by atoms with E-state index in [1.807, 2.05) is 31.2 Å². The summed E-state index contributed by atoms with van der Waals surface area (Å²) in [5, 5.41) is 9.80. The predicted octanol–water partition coefficient (Wildman–Crippen LogP) is 4.23. The van der Waals surface area contributed by atoms with Crippen molar-refractivity contribution in [2.45, 2.75) is 34.2 Å². The van der Waals surface area contributed by atoms with Crippen LogP contribution in [0.2, 0.25) is 0 Å². The highest BCUT2D eigenvalue weighted by molar-refractivity contribution is 8.26. The van der Waals surface area contributed by atoms with Crippen molar-refractivity contribution < 1.29 is 4.79 Å². The zero-order valence-corrected chi connectivity index (χ0v) is 22.8. The van der Waals surface area contributed by atoms with Gasteiger partial charge in [0.25, 0.3) is 11.5 Å². The van der Waals surface area contributed by atoms with Crippen molar-refractivity contribution in [2.75, 3.05) is 42.5 Å². The number of nitrogens with zero attached hydrogens (tertiary/aromatic N) is 5. The number of piperazine rings is 1. The number of thioether (sulfide) groups is 1. The summed E-state index contributed by atoms with van der Waals surface area (Å²) in [5.74, 6) is 0.934. The van der Waals surface area contributed by atoms with Gasteiger partial charge in [0, 0.05) is 50.5 Å². The number of benzene rings is 1. The summed E-state index contributed by atoms with van der Waals surface area (Å²) in [6, 6.07) is 12.4. The molecule has 188 valence electrons. The van der Waals surface area contributed by atoms with Crippen LogP contribution in [0.15, 0.2) is 40.0 Å². The van der Waals surface area contributed by atoms with Gasteiger partial charge in [-0.3, -0.25) is 19.1 Å². The maximum Gasteiger partial charge on any atom is 0.270 e. The molecule has 0 bridgehead atoms. The molecule has 2 aliphatic rings. The lowest BCUT2D eigenvalue weighted by Crippen LogP contribution is -2.48. The first-order valence-electron chi connectivity index (χ1n) is 12.2. The van der Waals surface area contributed by atoms with Crippen LogP contribution in [0.4, 0.5) is 11.5 Å². The average molecular weight is 522 g/mol. The number of carbonyl (C=O) groups is 1. The third-order valence-corrected chi connectivity index (χ3v) is 7.94. The number of amides is 1. The van der Waals surface area contributed by atoms with Gasteiger partial charge in [0.1, 0.15) is 21.8 Å². The second kappa shape index (κ2) is 10.9. The van der Waals surface area contributed by atoms with Gasteiger partial charge < -0.3 is 9.80 Å². The second-order valence-electron chi connectivity index (χ2n) is 9.39. The van der Waals surface area contributed by atoms with E-state index < -0.39 is 0 Å². The molecule has 36 heavy (non-hydrogen) atoms. The van der Waals surface area contributed by atoms with Crippen molar-refractivity contribution in [2.24, 2.45) is 5.92 Å². The molecule has 0 unspecified atom stereocenters. The van der Waals surface area contributed by atoms with Crippen molar-refractivity contribution in [1.82, 2.24) is 9.47 Å². The standard InChI is InChI=1S/C27H31N5O2S2/c1-5-31-24(30-13-11-29(12-14-30)20-9-7-6-8-10-20)21(19(4)22(16-28)25(31)33)15-23-26(34)32(17-18(2)3)27(35)36-23/h6-10,15,18H,5,11-14,17H2,1-4H3. The largest absolute Gasteiger partial charge is 0.368 e. The SMILES string of the molecule is CCn1c(N2CCN(c3ccccc3)CC2)c(C=C2SC(=S)N(CC(C)C)C2=O)c(C)c(C#N)c1=O. The van der Waals surface area contributed by atoms with Gasteiger partial charge in [-0.2, -0.15) is 5.26 Å². The molecular formula is C27H31N5O2S2. The summed E-state index contributed by atoms with van der Waals surface area (Å²) >= 11 is 6.78. The average Bonchev–Trinajstić information content (AvgIpc) is 3.13. The lowest BCUT2D eigenvalue weighted by molar-refractivity contribution is -0.122. The molecule has 0 radical (unpaired) electrons. The molecule has 2 aromatic rings. The van der Waals surface area contributed by atoms with E-state index in [2.05, 4.69) is 41.8 Å². The monoisotopic (exact) mass is 521 g/mol. The second-order valence-corrected chi connectivity index (χ2v) is 11.1. The van der Waals surface area contributed by atoms with Gasteiger partial charge in [0.2, 0.25) is 0 Å². The Morgan fingerprint density at radius 2 is 1.75 bits per heavy atom. The van der Waals surface area contributed by atoms with Gasteiger partial charge >= 0.3 is 0 Å². The van der Waals surface area contributed by atoms with E-state index in [0.29, 0.717) is 27.9 Å². The predicted molar refractivity (Wildman–Crippen MR) is 151 cm³/mol. The molecule has 1 aromatic carbocycles. The molecule has 1 aromatic heterocycles. The Morgan fingerprint density at radius 1 is 1.11 bits per heavy atom. The zero-order chi connectivity index (χ0) is 26.0. The molecule has 0 saturated carbocycles. The Morgan fingerprint density at radius 3 is 2.33 bits per heavy atom. The Balaban J connectivity index is 1.77. The van der Waals surface area contributed by atoms with Crippen LogP contribution in [-0.2, 0) is 11.3 Å². The van der Waals surface area contributed by atoms with E-state index >= 15 is 0 Å². The molecule has 2 saturated heterocycles. The first-order chi connectivity index (χ1) is 17.3. The van der Waals surface area contributed by atoms with Gasteiger partial charge in [-0.25, -0.2) is 0 Å². The van der Waals surface area contributed by atoms with Gasteiger partial charge in [-0.05, 0) is 43.5 Å². The van der Waals surface area contributed by atoms with E-state index in [4.69, 9.17) is 12.2 Å². The maximum absolute atomic E-state index is 13.3. The molecule has 0 aliphatic carbocycles. The fourth-order valence-corrected chi connectivity index (χ4v) is 6.00. The minimum absolute atomic E-state index is 0.118.